The third-order valence-corrected chi connectivity index (χ3v) is 6.97. The summed E-state index contributed by atoms with van der Waals surface area (Å²) in [5.41, 5.74) is 0.676. The zero-order valence-corrected chi connectivity index (χ0v) is 15.6. The van der Waals surface area contributed by atoms with Crippen LogP contribution in [0.1, 0.15) is 60.9 Å². The van der Waals surface area contributed by atoms with Crippen LogP contribution in [0.2, 0.25) is 0 Å². The summed E-state index contributed by atoms with van der Waals surface area (Å²) in [5, 5.41) is 3.07. The highest BCUT2D eigenvalue weighted by molar-refractivity contribution is 7.09. The van der Waals surface area contributed by atoms with Gasteiger partial charge in [0.2, 0.25) is 0 Å². The highest BCUT2D eigenvalue weighted by atomic mass is 32.1. The number of rotatable bonds is 5. The first-order valence-electron chi connectivity index (χ1n) is 9.70. The Balaban J connectivity index is 1.43. The number of carbonyl (C=O) groups is 1. The van der Waals surface area contributed by atoms with Gasteiger partial charge in [0.15, 0.2) is 0 Å². The molecular formula is C19H29N3OS. The molecule has 0 aromatic carbocycles. The smallest absolute Gasteiger partial charge is 0.273 e. The van der Waals surface area contributed by atoms with Gasteiger partial charge in [-0.25, -0.2) is 4.98 Å². The number of thiazole rings is 1. The average Bonchev–Trinajstić information content (AvgIpc) is 2.82. The van der Waals surface area contributed by atoms with Gasteiger partial charge in [0.05, 0.1) is 5.01 Å². The van der Waals surface area contributed by atoms with Gasteiger partial charge in [-0.2, -0.15) is 0 Å². The molecule has 0 radical (unpaired) electrons. The fourth-order valence-electron chi connectivity index (χ4n) is 4.48. The number of amides is 1. The molecule has 2 atom stereocenters. The number of nitrogens with zero attached hydrogens (tertiary/aromatic N) is 3. The van der Waals surface area contributed by atoms with Gasteiger partial charge in [0, 0.05) is 37.6 Å². The largest absolute Gasteiger partial charge is 0.335 e. The van der Waals surface area contributed by atoms with Gasteiger partial charge >= 0.3 is 0 Å². The molecule has 2 bridgehead atoms. The van der Waals surface area contributed by atoms with Crippen molar-refractivity contribution < 1.29 is 4.79 Å². The minimum Gasteiger partial charge on any atom is -0.335 e. The van der Waals surface area contributed by atoms with Crippen LogP contribution in [0.5, 0.6) is 0 Å². The summed E-state index contributed by atoms with van der Waals surface area (Å²) in [7, 11) is 0. The van der Waals surface area contributed by atoms with Crippen LogP contribution in [-0.4, -0.2) is 52.9 Å². The fourth-order valence-corrected chi connectivity index (χ4v) is 5.35. The molecule has 24 heavy (non-hydrogen) atoms. The van der Waals surface area contributed by atoms with Gasteiger partial charge in [0.25, 0.3) is 5.91 Å². The van der Waals surface area contributed by atoms with Gasteiger partial charge in [-0.1, -0.05) is 13.3 Å². The Kier molecular flexibility index (Phi) is 4.90. The maximum atomic E-state index is 12.9. The Morgan fingerprint density at radius 3 is 2.88 bits per heavy atom. The van der Waals surface area contributed by atoms with Crippen molar-refractivity contribution in [3.63, 3.8) is 0 Å². The van der Waals surface area contributed by atoms with Crippen LogP contribution in [0.3, 0.4) is 0 Å². The van der Waals surface area contributed by atoms with Crippen LogP contribution in [-0.2, 0) is 6.42 Å². The summed E-state index contributed by atoms with van der Waals surface area (Å²) in [6.07, 6.45) is 8.86. The summed E-state index contributed by atoms with van der Waals surface area (Å²) in [6.45, 7) is 6.45. The van der Waals surface area contributed by atoms with E-state index in [0.717, 1.165) is 36.9 Å². The van der Waals surface area contributed by atoms with Crippen LogP contribution in [0, 0.1) is 11.8 Å². The molecule has 132 valence electrons. The first-order chi connectivity index (χ1) is 11.7. The second-order valence-electron chi connectivity index (χ2n) is 7.93. The molecule has 3 aliphatic heterocycles. The zero-order chi connectivity index (χ0) is 16.5. The van der Waals surface area contributed by atoms with Crippen LogP contribution in [0.4, 0.5) is 0 Å². The van der Waals surface area contributed by atoms with Crippen molar-refractivity contribution in [3.05, 3.63) is 16.1 Å². The van der Waals surface area contributed by atoms with Gasteiger partial charge in [-0.3, -0.25) is 9.69 Å². The van der Waals surface area contributed by atoms with Crippen molar-refractivity contribution in [2.24, 2.45) is 11.8 Å². The molecule has 4 nitrogen and oxygen atoms in total. The van der Waals surface area contributed by atoms with Crippen molar-refractivity contribution in [2.45, 2.75) is 57.9 Å². The molecule has 0 N–H and O–H groups in total. The molecule has 3 saturated heterocycles. The van der Waals surface area contributed by atoms with Crippen molar-refractivity contribution in [2.75, 3.05) is 26.2 Å². The maximum absolute atomic E-state index is 12.9. The molecular weight excluding hydrogens is 318 g/mol. The van der Waals surface area contributed by atoms with Gasteiger partial charge in [-0.15, -0.1) is 11.3 Å². The van der Waals surface area contributed by atoms with Crippen molar-refractivity contribution in [3.8, 4) is 0 Å². The molecule has 4 heterocycles. The normalized spacial score (nSPS) is 28.0. The summed E-state index contributed by atoms with van der Waals surface area (Å²) in [5.74, 6) is 1.74. The average molecular weight is 348 g/mol. The van der Waals surface area contributed by atoms with E-state index in [1.807, 2.05) is 5.38 Å². The molecule has 4 aliphatic rings. The first kappa shape index (κ1) is 16.5. The molecule has 1 aromatic rings. The Hall–Kier alpha value is -0.940. The van der Waals surface area contributed by atoms with E-state index in [-0.39, 0.29) is 5.91 Å². The number of carbonyl (C=O) groups excluding carboxylic acids is 1. The molecule has 5 rings (SSSR count). The number of aromatic nitrogens is 1. The Bertz CT molecular complexity index is 583. The monoisotopic (exact) mass is 347 g/mol. The van der Waals surface area contributed by atoms with Crippen molar-refractivity contribution in [1.29, 1.82) is 0 Å². The number of aryl methyl sites for hydroxylation is 1. The lowest BCUT2D eigenvalue weighted by atomic mass is 9.83. The highest BCUT2D eigenvalue weighted by Crippen LogP contribution is 2.33. The second kappa shape index (κ2) is 7.12. The SMILES string of the molecule is CCCc1nc(C(=O)N2C[C@@H]3CC[C@H](C2)N(CC2CCC2)C3)cs1. The molecule has 1 aliphatic carbocycles. The zero-order valence-electron chi connectivity index (χ0n) is 14.7. The minimum atomic E-state index is 0.163. The predicted molar refractivity (Wildman–Crippen MR) is 97.4 cm³/mol. The maximum Gasteiger partial charge on any atom is 0.273 e. The molecule has 0 unspecified atom stereocenters. The number of hydrogen-bond acceptors (Lipinski definition) is 4. The summed E-state index contributed by atoms with van der Waals surface area (Å²) in [4.78, 5) is 22.3. The molecule has 4 fully saturated rings. The lowest BCUT2D eigenvalue weighted by Crippen LogP contribution is -2.47. The third kappa shape index (κ3) is 3.38. The second-order valence-corrected chi connectivity index (χ2v) is 8.88. The van der Waals surface area contributed by atoms with Crippen LogP contribution in [0.25, 0.3) is 0 Å². The Morgan fingerprint density at radius 2 is 2.12 bits per heavy atom. The van der Waals surface area contributed by atoms with Crippen LogP contribution < -0.4 is 0 Å². The van der Waals surface area contributed by atoms with Crippen LogP contribution >= 0.6 is 11.3 Å². The Morgan fingerprint density at radius 1 is 1.25 bits per heavy atom. The topological polar surface area (TPSA) is 36.4 Å². The van der Waals surface area contributed by atoms with E-state index in [4.69, 9.17) is 0 Å². The van der Waals surface area contributed by atoms with Crippen molar-refractivity contribution >= 4 is 17.2 Å². The fraction of sp³-hybridized carbons (Fsp3) is 0.789. The van der Waals surface area contributed by atoms with E-state index in [1.54, 1.807) is 11.3 Å². The van der Waals surface area contributed by atoms with E-state index in [9.17, 15) is 4.79 Å². The Labute approximate surface area is 149 Å². The third-order valence-electron chi connectivity index (χ3n) is 6.07. The minimum absolute atomic E-state index is 0.163. The van der Waals surface area contributed by atoms with E-state index in [2.05, 4.69) is 21.7 Å². The van der Waals surface area contributed by atoms with Gasteiger partial charge in [0.1, 0.15) is 5.69 Å². The molecule has 1 aromatic heterocycles. The van der Waals surface area contributed by atoms with Gasteiger partial charge in [-0.05, 0) is 50.4 Å². The quantitative estimate of drug-likeness (QED) is 0.819. The van der Waals surface area contributed by atoms with Crippen LogP contribution in [0.15, 0.2) is 5.38 Å². The number of fused-ring (bicyclic) bond motifs is 4. The first-order valence-corrected chi connectivity index (χ1v) is 10.6. The highest BCUT2D eigenvalue weighted by Gasteiger charge is 2.38. The lowest BCUT2D eigenvalue weighted by molar-refractivity contribution is 0.0712. The molecule has 1 saturated carbocycles. The standard InChI is InChI=1S/C19H29N3OS/c1-2-4-18-20-17(13-24-18)19(23)22-11-15-7-8-16(12-22)21(10-15)9-14-5-3-6-14/h13-16H,2-12H2,1H3/t15-,16-/m1/s1. The van der Waals surface area contributed by atoms with E-state index < -0.39 is 0 Å². The van der Waals surface area contributed by atoms with Gasteiger partial charge < -0.3 is 4.90 Å². The van der Waals surface area contributed by atoms with E-state index in [0.29, 0.717) is 17.7 Å². The number of piperidine rings is 1. The molecule has 0 spiro atoms. The summed E-state index contributed by atoms with van der Waals surface area (Å²) < 4.78 is 0. The predicted octanol–water partition coefficient (Wildman–Crippen LogP) is 3.43. The lowest BCUT2D eigenvalue weighted by Gasteiger charge is -2.40. The summed E-state index contributed by atoms with van der Waals surface area (Å²) >= 11 is 1.64. The summed E-state index contributed by atoms with van der Waals surface area (Å²) in [6, 6.07) is 0.571. The van der Waals surface area contributed by atoms with Crippen molar-refractivity contribution in [1.82, 2.24) is 14.8 Å². The molecule has 1 amide bonds. The van der Waals surface area contributed by atoms with E-state index >= 15 is 0 Å². The number of hydrogen-bond donors (Lipinski definition) is 0. The molecule has 5 heteroatoms. The van der Waals surface area contributed by atoms with E-state index in [1.165, 1.54) is 45.2 Å².